The maximum absolute atomic E-state index is 13.9. The summed E-state index contributed by atoms with van der Waals surface area (Å²) in [4.78, 5) is 34.4. The first-order chi connectivity index (χ1) is 19.4. The van der Waals surface area contributed by atoms with E-state index in [1.54, 1.807) is 39.3 Å². The predicted octanol–water partition coefficient (Wildman–Crippen LogP) is 5.10. The van der Waals surface area contributed by atoms with Crippen LogP contribution in [-0.2, 0) is 22.6 Å². The van der Waals surface area contributed by atoms with E-state index < -0.39 is 0 Å². The van der Waals surface area contributed by atoms with Gasteiger partial charge in [-0.3, -0.25) is 14.5 Å². The lowest BCUT2D eigenvalue weighted by atomic mass is 10.1. The van der Waals surface area contributed by atoms with Crippen molar-refractivity contribution in [2.45, 2.75) is 20.0 Å². The predicted molar refractivity (Wildman–Crippen MR) is 155 cm³/mol. The van der Waals surface area contributed by atoms with Gasteiger partial charge in [-0.25, -0.2) is 0 Å². The van der Waals surface area contributed by atoms with Gasteiger partial charge in [0.15, 0.2) is 11.5 Å². The highest BCUT2D eigenvalue weighted by molar-refractivity contribution is 7.10. The van der Waals surface area contributed by atoms with Crippen molar-refractivity contribution in [2.24, 2.45) is 0 Å². The Hall–Kier alpha value is -2.82. The maximum Gasteiger partial charge on any atom is 0.254 e. The lowest BCUT2D eigenvalue weighted by Gasteiger charge is -2.31. The third-order valence-electron chi connectivity index (χ3n) is 7.04. The number of hydrogen-bond acceptors (Lipinski definition) is 7. The Morgan fingerprint density at radius 1 is 0.950 bits per heavy atom. The van der Waals surface area contributed by atoms with Gasteiger partial charge in [-0.1, -0.05) is 29.3 Å². The molecule has 0 unspecified atom stereocenters. The number of thiophene rings is 1. The molecule has 2 amide bonds. The van der Waals surface area contributed by atoms with E-state index in [-0.39, 0.29) is 25.2 Å². The zero-order valence-corrected chi connectivity index (χ0v) is 24.6. The Balaban J connectivity index is 1.37. The van der Waals surface area contributed by atoms with Crippen LogP contribution < -0.4 is 9.47 Å². The standard InChI is InChI=1S/C29H31Cl2N3O5S/c1-20-6-13-40-27(20)17-34(16-21-2-5-25-26(14-21)39-19-38-25)28(35)18-33(8-7-32-9-11-37-12-10-32)29(36)22-3-4-23(30)24(31)15-22/h2-6,13-15H,7-12,16-19H2,1H3. The van der Waals surface area contributed by atoms with E-state index in [0.29, 0.717) is 66.5 Å². The molecule has 11 heteroatoms. The molecule has 212 valence electrons. The Labute approximate surface area is 247 Å². The molecule has 0 saturated carbocycles. The summed E-state index contributed by atoms with van der Waals surface area (Å²) in [5.74, 6) is 0.938. The quantitative estimate of drug-likeness (QED) is 0.321. The van der Waals surface area contributed by atoms with E-state index in [4.69, 9.17) is 37.4 Å². The highest BCUT2D eigenvalue weighted by atomic mass is 35.5. The summed E-state index contributed by atoms with van der Waals surface area (Å²) in [5, 5.41) is 2.69. The number of hydrogen-bond donors (Lipinski definition) is 0. The van der Waals surface area contributed by atoms with Crippen LogP contribution in [-0.4, -0.2) is 79.2 Å². The molecular formula is C29H31Cl2N3O5S. The second kappa shape index (κ2) is 13.2. The molecule has 2 aromatic carbocycles. The van der Waals surface area contributed by atoms with Gasteiger partial charge in [0, 0.05) is 43.2 Å². The van der Waals surface area contributed by atoms with Crippen molar-refractivity contribution in [3.8, 4) is 11.5 Å². The Kier molecular flexibility index (Phi) is 9.49. The van der Waals surface area contributed by atoms with Crippen LogP contribution in [0.5, 0.6) is 11.5 Å². The van der Waals surface area contributed by atoms with Gasteiger partial charge in [0.25, 0.3) is 5.91 Å². The van der Waals surface area contributed by atoms with Crippen LogP contribution in [0.4, 0.5) is 0 Å². The summed E-state index contributed by atoms with van der Waals surface area (Å²) in [7, 11) is 0. The van der Waals surface area contributed by atoms with Crippen LogP contribution in [0.2, 0.25) is 10.0 Å². The first-order valence-corrected chi connectivity index (χ1v) is 14.7. The average molecular weight is 605 g/mol. The van der Waals surface area contributed by atoms with Gasteiger partial charge < -0.3 is 24.0 Å². The van der Waals surface area contributed by atoms with Gasteiger partial charge in [0.05, 0.1) is 29.8 Å². The van der Waals surface area contributed by atoms with E-state index in [9.17, 15) is 9.59 Å². The van der Waals surface area contributed by atoms with E-state index in [0.717, 1.165) is 29.1 Å². The fraction of sp³-hybridized carbons (Fsp3) is 0.379. The summed E-state index contributed by atoms with van der Waals surface area (Å²) in [5.41, 5.74) is 2.44. The first-order valence-electron chi connectivity index (χ1n) is 13.1. The molecule has 0 atom stereocenters. The SMILES string of the molecule is Cc1ccsc1CN(Cc1ccc2c(c1)OCO2)C(=O)CN(CCN1CCOCC1)C(=O)c1ccc(Cl)c(Cl)c1. The molecule has 2 aliphatic rings. The molecule has 0 N–H and O–H groups in total. The van der Waals surface area contributed by atoms with E-state index >= 15 is 0 Å². The van der Waals surface area contributed by atoms with Gasteiger partial charge in [-0.05, 0) is 59.8 Å². The van der Waals surface area contributed by atoms with Crippen molar-refractivity contribution in [3.63, 3.8) is 0 Å². The maximum atomic E-state index is 13.9. The number of halogens is 2. The van der Waals surface area contributed by atoms with E-state index in [1.807, 2.05) is 36.6 Å². The lowest BCUT2D eigenvalue weighted by molar-refractivity contribution is -0.133. The number of carbonyl (C=O) groups is 2. The van der Waals surface area contributed by atoms with Gasteiger partial charge in [-0.2, -0.15) is 0 Å². The van der Waals surface area contributed by atoms with Crippen LogP contribution in [0.1, 0.15) is 26.4 Å². The van der Waals surface area contributed by atoms with Crippen LogP contribution in [0, 0.1) is 6.92 Å². The van der Waals surface area contributed by atoms with Gasteiger partial charge in [0.1, 0.15) is 6.54 Å². The number of benzene rings is 2. The Bertz CT molecular complexity index is 1360. The molecule has 3 heterocycles. The number of nitrogens with zero attached hydrogens (tertiary/aromatic N) is 3. The zero-order chi connectivity index (χ0) is 28.1. The summed E-state index contributed by atoms with van der Waals surface area (Å²) in [6, 6.07) is 12.5. The van der Waals surface area contributed by atoms with Crippen molar-refractivity contribution in [2.75, 3.05) is 52.7 Å². The van der Waals surface area contributed by atoms with Crippen LogP contribution in [0.3, 0.4) is 0 Å². The zero-order valence-electron chi connectivity index (χ0n) is 22.2. The fourth-order valence-electron chi connectivity index (χ4n) is 4.65. The van der Waals surface area contributed by atoms with Crippen LogP contribution in [0.15, 0.2) is 47.8 Å². The second-order valence-electron chi connectivity index (χ2n) is 9.77. The molecule has 1 saturated heterocycles. The highest BCUT2D eigenvalue weighted by Crippen LogP contribution is 2.33. The fourth-order valence-corrected chi connectivity index (χ4v) is 5.86. The minimum atomic E-state index is -0.268. The molecule has 1 fully saturated rings. The number of ether oxygens (including phenoxy) is 3. The Morgan fingerprint density at radius 2 is 1.75 bits per heavy atom. The smallest absolute Gasteiger partial charge is 0.254 e. The molecule has 0 bridgehead atoms. The largest absolute Gasteiger partial charge is 0.454 e. The molecule has 5 rings (SSSR count). The minimum absolute atomic E-state index is 0.0710. The molecule has 2 aliphatic heterocycles. The molecule has 3 aromatic rings. The topological polar surface area (TPSA) is 71.6 Å². The Morgan fingerprint density at radius 3 is 2.50 bits per heavy atom. The lowest BCUT2D eigenvalue weighted by Crippen LogP contribution is -2.47. The molecule has 1 aromatic heterocycles. The highest BCUT2D eigenvalue weighted by Gasteiger charge is 2.25. The summed E-state index contributed by atoms with van der Waals surface area (Å²) < 4.78 is 16.5. The van der Waals surface area contributed by atoms with Crippen molar-refractivity contribution < 1.29 is 23.8 Å². The van der Waals surface area contributed by atoms with Crippen molar-refractivity contribution in [3.05, 3.63) is 79.5 Å². The van der Waals surface area contributed by atoms with Crippen molar-refractivity contribution in [1.29, 1.82) is 0 Å². The molecule has 0 aliphatic carbocycles. The first kappa shape index (κ1) is 28.7. The van der Waals surface area contributed by atoms with Crippen molar-refractivity contribution >= 4 is 46.4 Å². The monoisotopic (exact) mass is 603 g/mol. The summed E-state index contributed by atoms with van der Waals surface area (Å²) in [6.45, 7) is 6.87. The number of aryl methyl sites for hydroxylation is 1. The van der Waals surface area contributed by atoms with Crippen LogP contribution in [0.25, 0.3) is 0 Å². The molecule has 40 heavy (non-hydrogen) atoms. The third-order valence-corrected chi connectivity index (χ3v) is 8.78. The average Bonchev–Trinajstić information content (AvgIpc) is 3.60. The normalized spacial score (nSPS) is 14.8. The van der Waals surface area contributed by atoms with Gasteiger partial charge in [-0.15, -0.1) is 11.3 Å². The number of amides is 2. The third kappa shape index (κ3) is 7.08. The van der Waals surface area contributed by atoms with Gasteiger partial charge in [0.2, 0.25) is 12.7 Å². The molecule has 8 nitrogen and oxygen atoms in total. The number of morpholine rings is 1. The van der Waals surface area contributed by atoms with Crippen LogP contribution >= 0.6 is 34.5 Å². The minimum Gasteiger partial charge on any atom is -0.454 e. The molecule has 0 radical (unpaired) electrons. The number of fused-ring (bicyclic) bond motifs is 1. The number of carbonyl (C=O) groups excluding carboxylic acids is 2. The summed E-state index contributed by atoms with van der Waals surface area (Å²) >= 11 is 13.9. The second-order valence-corrected chi connectivity index (χ2v) is 11.6. The van der Waals surface area contributed by atoms with E-state index in [2.05, 4.69) is 4.90 Å². The van der Waals surface area contributed by atoms with Gasteiger partial charge >= 0.3 is 0 Å². The van der Waals surface area contributed by atoms with Crippen molar-refractivity contribution in [1.82, 2.24) is 14.7 Å². The molecule has 0 spiro atoms. The molecular weight excluding hydrogens is 573 g/mol. The summed E-state index contributed by atoms with van der Waals surface area (Å²) in [6.07, 6.45) is 0. The number of rotatable bonds is 10. The van der Waals surface area contributed by atoms with E-state index in [1.165, 1.54) is 0 Å².